The maximum atomic E-state index is 12.3. The molecule has 7 heteroatoms. The highest BCUT2D eigenvalue weighted by atomic mass is 16.8. The second kappa shape index (κ2) is 5.40. The summed E-state index contributed by atoms with van der Waals surface area (Å²) in [5.41, 5.74) is 4.46. The van der Waals surface area contributed by atoms with Crippen LogP contribution in [0.25, 0.3) is 0 Å². The molecule has 1 aromatic heterocycles. The van der Waals surface area contributed by atoms with Crippen molar-refractivity contribution in [2.24, 2.45) is 0 Å². The van der Waals surface area contributed by atoms with Gasteiger partial charge in [0, 0.05) is 19.0 Å². The van der Waals surface area contributed by atoms with Crippen molar-refractivity contribution in [3.8, 4) is 0 Å². The number of nitrogen functional groups attached to an aromatic ring is 1. The van der Waals surface area contributed by atoms with Crippen LogP contribution in [0, 0.1) is 0 Å². The van der Waals surface area contributed by atoms with Gasteiger partial charge in [0.05, 0.1) is 0 Å². The Hall–Kier alpha value is -1.70. The molecule has 1 aliphatic carbocycles. The molecule has 3 aliphatic rings. The molecule has 1 saturated carbocycles. The lowest BCUT2D eigenvalue weighted by Gasteiger charge is -2.32. The fourth-order valence-corrected chi connectivity index (χ4v) is 4.16. The molecule has 0 radical (unpaired) electrons. The first-order chi connectivity index (χ1) is 11.5. The number of fused-ring (bicyclic) bond motifs is 1. The zero-order chi connectivity index (χ0) is 16.9. The molecule has 2 saturated heterocycles. The normalized spacial score (nSPS) is 37.0. The number of anilines is 1. The van der Waals surface area contributed by atoms with E-state index < -0.39 is 23.3 Å². The molecular weight excluding hydrogens is 310 g/mol. The van der Waals surface area contributed by atoms with Crippen LogP contribution in [0.15, 0.2) is 29.7 Å². The molecule has 1 aromatic rings. The molecule has 3 heterocycles. The summed E-state index contributed by atoms with van der Waals surface area (Å²) in [6.45, 7) is 5.96. The van der Waals surface area contributed by atoms with Gasteiger partial charge in [0.15, 0.2) is 12.0 Å². The summed E-state index contributed by atoms with van der Waals surface area (Å²) in [5.74, 6) is -0.363. The standard InChI is InChI=1S/C17H23N3O4/c1-3-16(4-2)13-12(22-17(23-13)8-5-6-9-17)14(24-16)20-10-7-11(18)19-15(20)21/h3,7,10,12-14H,1,4-6,8-9H2,2H3,(H2,18,19,21)/t12-,13+,14-,16-/m1/s1. The molecule has 4 atom stereocenters. The van der Waals surface area contributed by atoms with Gasteiger partial charge in [-0.05, 0) is 25.3 Å². The zero-order valence-electron chi connectivity index (χ0n) is 13.8. The van der Waals surface area contributed by atoms with Crippen molar-refractivity contribution in [2.75, 3.05) is 5.73 Å². The molecular formula is C17H23N3O4. The third-order valence-corrected chi connectivity index (χ3v) is 5.48. The smallest absolute Gasteiger partial charge is 0.351 e. The molecule has 0 unspecified atom stereocenters. The first kappa shape index (κ1) is 15.8. The van der Waals surface area contributed by atoms with Crippen molar-refractivity contribution in [1.29, 1.82) is 0 Å². The Morgan fingerprint density at radius 3 is 2.79 bits per heavy atom. The molecule has 130 valence electrons. The Morgan fingerprint density at radius 1 is 1.42 bits per heavy atom. The van der Waals surface area contributed by atoms with Crippen LogP contribution in [-0.4, -0.2) is 33.1 Å². The van der Waals surface area contributed by atoms with E-state index in [0.717, 1.165) is 25.7 Å². The third kappa shape index (κ3) is 2.15. The van der Waals surface area contributed by atoms with E-state index in [-0.39, 0.29) is 18.0 Å². The molecule has 0 aromatic carbocycles. The zero-order valence-corrected chi connectivity index (χ0v) is 13.8. The molecule has 0 bridgehead atoms. The monoisotopic (exact) mass is 333 g/mol. The highest BCUT2D eigenvalue weighted by Crippen LogP contribution is 2.53. The summed E-state index contributed by atoms with van der Waals surface area (Å²) in [7, 11) is 0. The van der Waals surface area contributed by atoms with E-state index in [0.29, 0.717) is 6.42 Å². The van der Waals surface area contributed by atoms with Crippen LogP contribution < -0.4 is 11.4 Å². The predicted octanol–water partition coefficient (Wildman–Crippen LogP) is 1.74. The summed E-state index contributed by atoms with van der Waals surface area (Å²) in [6, 6.07) is 1.58. The van der Waals surface area contributed by atoms with Crippen molar-refractivity contribution in [3.05, 3.63) is 35.4 Å². The number of rotatable bonds is 3. The number of aromatic nitrogens is 2. The number of nitrogens with zero attached hydrogens (tertiary/aromatic N) is 2. The number of hydrogen-bond acceptors (Lipinski definition) is 6. The second-order valence-corrected chi connectivity index (χ2v) is 6.80. The maximum Gasteiger partial charge on any atom is 0.351 e. The van der Waals surface area contributed by atoms with E-state index >= 15 is 0 Å². The van der Waals surface area contributed by atoms with Crippen LogP contribution in [0.1, 0.15) is 45.3 Å². The SMILES string of the molecule is C=C[C@]1(CC)O[C@@H](n2ccc(N)nc2=O)[C@@H]2OC3(CCCC3)O[C@@H]21. The summed E-state index contributed by atoms with van der Waals surface area (Å²) in [5, 5.41) is 0. The van der Waals surface area contributed by atoms with Crippen molar-refractivity contribution in [3.63, 3.8) is 0 Å². The molecule has 24 heavy (non-hydrogen) atoms. The van der Waals surface area contributed by atoms with Crippen molar-refractivity contribution in [1.82, 2.24) is 9.55 Å². The van der Waals surface area contributed by atoms with Gasteiger partial charge in [-0.25, -0.2) is 4.79 Å². The van der Waals surface area contributed by atoms with E-state index in [4.69, 9.17) is 19.9 Å². The minimum Gasteiger partial charge on any atom is -0.383 e. The summed E-state index contributed by atoms with van der Waals surface area (Å²) >= 11 is 0. The Balaban J connectivity index is 1.75. The minimum atomic E-state index is -0.678. The summed E-state index contributed by atoms with van der Waals surface area (Å²) < 4.78 is 20.4. The first-order valence-electron chi connectivity index (χ1n) is 8.54. The topological polar surface area (TPSA) is 88.6 Å². The fourth-order valence-electron chi connectivity index (χ4n) is 4.16. The summed E-state index contributed by atoms with van der Waals surface area (Å²) in [4.78, 5) is 16.1. The summed E-state index contributed by atoms with van der Waals surface area (Å²) in [6.07, 6.45) is 6.72. The van der Waals surface area contributed by atoms with Gasteiger partial charge in [-0.15, -0.1) is 6.58 Å². The highest BCUT2D eigenvalue weighted by Gasteiger charge is 2.64. The Bertz CT molecular complexity index is 712. The van der Waals surface area contributed by atoms with Crippen LogP contribution in [0.4, 0.5) is 5.82 Å². The lowest BCUT2D eigenvalue weighted by atomic mass is 9.92. The fraction of sp³-hybridized carbons (Fsp3) is 0.647. The van der Waals surface area contributed by atoms with E-state index in [1.165, 1.54) is 4.57 Å². The lowest BCUT2D eigenvalue weighted by Crippen LogP contribution is -2.41. The molecule has 1 spiro atoms. The highest BCUT2D eigenvalue weighted by molar-refractivity contribution is 5.24. The van der Waals surface area contributed by atoms with Gasteiger partial charge in [0.1, 0.15) is 23.6 Å². The molecule has 4 rings (SSSR count). The quantitative estimate of drug-likeness (QED) is 0.848. The van der Waals surface area contributed by atoms with E-state index in [1.807, 2.05) is 6.92 Å². The lowest BCUT2D eigenvalue weighted by molar-refractivity contribution is -0.225. The molecule has 7 nitrogen and oxygen atoms in total. The predicted molar refractivity (Wildman–Crippen MR) is 87.2 cm³/mol. The largest absolute Gasteiger partial charge is 0.383 e. The Kier molecular flexibility index (Phi) is 3.56. The Morgan fingerprint density at radius 2 is 2.17 bits per heavy atom. The molecule has 2 aliphatic heterocycles. The molecule has 0 amide bonds. The van der Waals surface area contributed by atoms with Crippen LogP contribution in [0.3, 0.4) is 0 Å². The maximum absolute atomic E-state index is 12.3. The van der Waals surface area contributed by atoms with E-state index in [1.54, 1.807) is 18.3 Å². The van der Waals surface area contributed by atoms with Gasteiger partial charge in [-0.1, -0.05) is 13.0 Å². The van der Waals surface area contributed by atoms with Crippen LogP contribution in [0.2, 0.25) is 0 Å². The average Bonchev–Trinajstić information content (AvgIpc) is 3.24. The van der Waals surface area contributed by atoms with Crippen LogP contribution in [0.5, 0.6) is 0 Å². The van der Waals surface area contributed by atoms with Gasteiger partial charge in [0.25, 0.3) is 0 Å². The van der Waals surface area contributed by atoms with Gasteiger partial charge < -0.3 is 19.9 Å². The van der Waals surface area contributed by atoms with Crippen molar-refractivity contribution >= 4 is 5.82 Å². The van der Waals surface area contributed by atoms with E-state index in [9.17, 15) is 4.79 Å². The number of ether oxygens (including phenoxy) is 3. The third-order valence-electron chi connectivity index (χ3n) is 5.48. The minimum absolute atomic E-state index is 0.187. The Labute approximate surface area is 140 Å². The molecule has 3 fully saturated rings. The van der Waals surface area contributed by atoms with E-state index in [2.05, 4.69) is 11.6 Å². The number of nitrogens with two attached hydrogens (primary N) is 1. The molecule has 2 N–H and O–H groups in total. The van der Waals surface area contributed by atoms with Crippen molar-refractivity contribution in [2.45, 2.75) is 68.9 Å². The first-order valence-corrected chi connectivity index (χ1v) is 8.54. The second-order valence-electron chi connectivity index (χ2n) is 6.80. The van der Waals surface area contributed by atoms with Gasteiger partial charge in [-0.2, -0.15) is 4.98 Å². The van der Waals surface area contributed by atoms with Crippen LogP contribution in [-0.2, 0) is 14.2 Å². The average molecular weight is 333 g/mol. The number of hydrogen-bond donors (Lipinski definition) is 1. The van der Waals surface area contributed by atoms with Gasteiger partial charge >= 0.3 is 5.69 Å². The van der Waals surface area contributed by atoms with Gasteiger partial charge in [0.2, 0.25) is 0 Å². The van der Waals surface area contributed by atoms with Gasteiger partial charge in [-0.3, -0.25) is 4.57 Å². The van der Waals surface area contributed by atoms with Crippen LogP contribution >= 0.6 is 0 Å². The van der Waals surface area contributed by atoms with Crippen molar-refractivity contribution < 1.29 is 14.2 Å².